The second-order valence-electron chi connectivity index (χ2n) is 5.62. The summed E-state index contributed by atoms with van der Waals surface area (Å²) in [6.07, 6.45) is 3.10. The van der Waals surface area contributed by atoms with Crippen LogP contribution >= 0.6 is 24.0 Å². The van der Waals surface area contributed by atoms with Crippen LogP contribution in [0.3, 0.4) is 0 Å². The fraction of sp³-hybridized carbons (Fsp3) is 0.412. The summed E-state index contributed by atoms with van der Waals surface area (Å²) in [6, 6.07) is 12.1. The van der Waals surface area contributed by atoms with Gasteiger partial charge in [0, 0.05) is 19.8 Å². The van der Waals surface area contributed by atoms with Crippen LogP contribution < -0.4 is 10.6 Å². The lowest BCUT2D eigenvalue weighted by Gasteiger charge is -2.12. The summed E-state index contributed by atoms with van der Waals surface area (Å²) in [7, 11) is 1.78. The van der Waals surface area contributed by atoms with E-state index in [1.54, 1.807) is 7.05 Å². The van der Waals surface area contributed by atoms with Crippen LogP contribution in [0.5, 0.6) is 0 Å². The molecule has 0 aliphatic rings. The van der Waals surface area contributed by atoms with Crippen molar-refractivity contribution < 1.29 is 0 Å². The Balaban J connectivity index is 0.00000264. The Morgan fingerprint density at radius 1 is 1.17 bits per heavy atom. The molecule has 1 aromatic heterocycles. The van der Waals surface area contributed by atoms with Crippen LogP contribution in [0, 0.1) is 5.92 Å². The third-order valence-corrected chi connectivity index (χ3v) is 3.34. The number of hydrogen-bond donors (Lipinski definition) is 2. The van der Waals surface area contributed by atoms with Crippen LogP contribution in [0.25, 0.3) is 5.69 Å². The van der Waals surface area contributed by atoms with E-state index in [9.17, 15) is 0 Å². The summed E-state index contributed by atoms with van der Waals surface area (Å²) in [5.74, 6) is 1.50. The number of para-hydroxylation sites is 1. The van der Waals surface area contributed by atoms with Gasteiger partial charge in [0.15, 0.2) is 5.96 Å². The molecule has 126 valence electrons. The standard InChI is InChI=1S/C17H25N5.HI/c1-14(2)9-11-19-17(18-3)20-13-15-10-12-22(21-15)16-7-5-4-6-8-16;/h4-8,10,12,14H,9,11,13H2,1-3H3,(H2,18,19,20);1H. The monoisotopic (exact) mass is 427 g/mol. The Morgan fingerprint density at radius 2 is 1.91 bits per heavy atom. The van der Waals surface area contributed by atoms with E-state index >= 15 is 0 Å². The highest BCUT2D eigenvalue weighted by Gasteiger charge is 2.03. The first-order valence-corrected chi connectivity index (χ1v) is 7.73. The molecule has 0 aliphatic carbocycles. The van der Waals surface area contributed by atoms with Crippen molar-refractivity contribution in [2.45, 2.75) is 26.8 Å². The first-order chi connectivity index (χ1) is 10.7. The molecule has 2 aromatic rings. The zero-order valence-electron chi connectivity index (χ0n) is 14.0. The number of guanidine groups is 1. The summed E-state index contributed by atoms with van der Waals surface area (Å²) in [6.45, 7) is 6.01. The first kappa shape index (κ1) is 19.5. The van der Waals surface area contributed by atoms with Gasteiger partial charge < -0.3 is 10.6 Å². The highest BCUT2D eigenvalue weighted by Crippen LogP contribution is 2.06. The van der Waals surface area contributed by atoms with Gasteiger partial charge >= 0.3 is 0 Å². The topological polar surface area (TPSA) is 54.2 Å². The molecule has 2 N–H and O–H groups in total. The van der Waals surface area contributed by atoms with Gasteiger partial charge in [0.05, 0.1) is 17.9 Å². The number of hydrogen-bond acceptors (Lipinski definition) is 2. The van der Waals surface area contributed by atoms with Gasteiger partial charge in [-0.25, -0.2) is 4.68 Å². The van der Waals surface area contributed by atoms with E-state index in [2.05, 4.69) is 34.6 Å². The van der Waals surface area contributed by atoms with E-state index in [-0.39, 0.29) is 24.0 Å². The van der Waals surface area contributed by atoms with Gasteiger partial charge in [-0.2, -0.15) is 5.10 Å². The van der Waals surface area contributed by atoms with Crippen molar-refractivity contribution in [2.75, 3.05) is 13.6 Å². The van der Waals surface area contributed by atoms with Crippen molar-refractivity contribution in [1.29, 1.82) is 0 Å². The lowest BCUT2D eigenvalue weighted by atomic mass is 10.1. The Bertz CT molecular complexity index is 592. The Hall–Kier alpha value is -1.57. The average molecular weight is 427 g/mol. The molecule has 1 aromatic carbocycles. The lowest BCUT2D eigenvalue weighted by molar-refractivity contribution is 0.573. The third-order valence-electron chi connectivity index (χ3n) is 3.34. The fourth-order valence-corrected chi connectivity index (χ4v) is 2.05. The van der Waals surface area contributed by atoms with Crippen LogP contribution in [-0.2, 0) is 6.54 Å². The molecule has 0 radical (unpaired) electrons. The smallest absolute Gasteiger partial charge is 0.191 e. The van der Waals surface area contributed by atoms with Crippen LogP contribution in [0.4, 0.5) is 0 Å². The van der Waals surface area contributed by atoms with Crippen molar-refractivity contribution in [2.24, 2.45) is 10.9 Å². The van der Waals surface area contributed by atoms with E-state index in [4.69, 9.17) is 0 Å². The molecule has 0 spiro atoms. The molecule has 5 nitrogen and oxygen atoms in total. The molecular weight excluding hydrogens is 401 g/mol. The first-order valence-electron chi connectivity index (χ1n) is 7.73. The van der Waals surface area contributed by atoms with Crippen molar-refractivity contribution in [3.05, 3.63) is 48.3 Å². The molecule has 23 heavy (non-hydrogen) atoms. The van der Waals surface area contributed by atoms with E-state index < -0.39 is 0 Å². The molecule has 0 unspecified atom stereocenters. The summed E-state index contributed by atoms with van der Waals surface area (Å²) >= 11 is 0. The molecular formula is C17H26IN5. The van der Waals surface area contributed by atoms with Gasteiger partial charge in [-0.05, 0) is 30.5 Å². The fourth-order valence-electron chi connectivity index (χ4n) is 2.05. The molecule has 6 heteroatoms. The Kier molecular flexibility index (Phi) is 8.68. The summed E-state index contributed by atoms with van der Waals surface area (Å²) in [4.78, 5) is 4.22. The van der Waals surface area contributed by atoms with Crippen LogP contribution in [0.15, 0.2) is 47.6 Å². The van der Waals surface area contributed by atoms with E-state index in [0.717, 1.165) is 30.3 Å². The van der Waals surface area contributed by atoms with Gasteiger partial charge in [-0.1, -0.05) is 32.0 Å². The number of aromatic nitrogens is 2. The minimum absolute atomic E-state index is 0. The molecule has 0 aliphatic heterocycles. The number of rotatable bonds is 6. The molecule has 2 rings (SSSR count). The minimum atomic E-state index is 0. The van der Waals surface area contributed by atoms with Crippen LogP contribution in [0.1, 0.15) is 26.0 Å². The Labute approximate surface area is 155 Å². The average Bonchev–Trinajstić information content (AvgIpc) is 3.00. The summed E-state index contributed by atoms with van der Waals surface area (Å²) < 4.78 is 1.88. The molecule has 0 amide bonds. The SMILES string of the molecule is CN=C(NCCC(C)C)NCc1ccn(-c2ccccc2)n1.I. The quantitative estimate of drug-likeness (QED) is 0.423. The number of aliphatic imine (C=N–C) groups is 1. The maximum atomic E-state index is 4.57. The second-order valence-corrected chi connectivity index (χ2v) is 5.62. The second kappa shape index (κ2) is 10.3. The molecule has 0 saturated heterocycles. The minimum Gasteiger partial charge on any atom is -0.356 e. The highest BCUT2D eigenvalue weighted by atomic mass is 127. The third kappa shape index (κ3) is 6.60. The molecule has 0 fully saturated rings. The predicted molar refractivity (Wildman–Crippen MR) is 107 cm³/mol. The van der Waals surface area contributed by atoms with E-state index in [1.165, 1.54) is 0 Å². The van der Waals surface area contributed by atoms with Gasteiger partial charge in [-0.3, -0.25) is 4.99 Å². The number of nitrogens with zero attached hydrogens (tertiary/aromatic N) is 3. The lowest BCUT2D eigenvalue weighted by Crippen LogP contribution is -2.37. The largest absolute Gasteiger partial charge is 0.356 e. The van der Waals surface area contributed by atoms with Crippen molar-refractivity contribution >= 4 is 29.9 Å². The summed E-state index contributed by atoms with van der Waals surface area (Å²) in [5, 5.41) is 11.2. The summed E-state index contributed by atoms with van der Waals surface area (Å²) in [5.41, 5.74) is 2.05. The van der Waals surface area contributed by atoms with Crippen molar-refractivity contribution in [3.8, 4) is 5.69 Å². The molecule has 0 atom stereocenters. The van der Waals surface area contributed by atoms with Crippen molar-refractivity contribution in [3.63, 3.8) is 0 Å². The normalized spacial score (nSPS) is 11.2. The van der Waals surface area contributed by atoms with Gasteiger partial charge in [-0.15, -0.1) is 24.0 Å². The van der Waals surface area contributed by atoms with E-state index in [0.29, 0.717) is 12.5 Å². The maximum Gasteiger partial charge on any atom is 0.191 e. The van der Waals surface area contributed by atoms with Gasteiger partial charge in [0.25, 0.3) is 0 Å². The van der Waals surface area contributed by atoms with Crippen LogP contribution in [0.2, 0.25) is 0 Å². The highest BCUT2D eigenvalue weighted by molar-refractivity contribution is 14.0. The maximum absolute atomic E-state index is 4.57. The Morgan fingerprint density at radius 3 is 2.57 bits per heavy atom. The number of halogens is 1. The molecule has 0 bridgehead atoms. The molecule has 1 heterocycles. The zero-order chi connectivity index (χ0) is 15.8. The van der Waals surface area contributed by atoms with Crippen LogP contribution in [-0.4, -0.2) is 29.3 Å². The van der Waals surface area contributed by atoms with E-state index in [1.807, 2.05) is 47.3 Å². The zero-order valence-corrected chi connectivity index (χ0v) is 16.3. The number of nitrogens with one attached hydrogen (secondary N) is 2. The van der Waals surface area contributed by atoms with Gasteiger partial charge in [0.2, 0.25) is 0 Å². The number of benzene rings is 1. The predicted octanol–water partition coefficient (Wildman–Crippen LogP) is 3.20. The van der Waals surface area contributed by atoms with Gasteiger partial charge in [0.1, 0.15) is 0 Å². The van der Waals surface area contributed by atoms with Crippen molar-refractivity contribution in [1.82, 2.24) is 20.4 Å². The molecule has 0 saturated carbocycles.